The number of phosphoric acid groups is 1. The van der Waals surface area contributed by atoms with E-state index in [1.807, 2.05) is 0 Å². The number of pyridine rings is 1. The van der Waals surface area contributed by atoms with Crippen molar-refractivity contribution >= 4 is 48.0 Å². The maximum absolute atomic E-state index is 12.2. The number of amides is 1. The molecule has 0 unspecified atom stereocenters. The molecule has 0 aliphatic carbocycles. The molecule has 0 bridgehead atoms. The summed E-state index contributed by atoms with van der Waals surface area (Å²) in [7, 11) is -3.97. The maximum Gasteiger partial charge on any atom is 1.00 e. The van der Waals surface area contributed by atoms with Gasteiger partial charge in [-0.3, -0.25) is 4.79 Å². The summed E-state index contributed by atoms with van der Waals surface area (Å²) in [5, 5.41) is 3.12. The first-order valence-electron chi connectivity index (χ1n) is 8.25. The molecule has 3 rings (SSSR count). The van der Waals surface area contributed by atoms with Gasteiger partial charge in [0.2, 0.25) is 5.91 Å². The van der Waals surface area contributed by atoms with Gasteiger partial charge in [0.25, 0.3) is 5.82 Å². The van der Waals surface area contributed by atoms with E-state index in [1.165, 1.54) is 31.5 Å². The van der Waals surface area contributed by atoms with Crippen LogP contribution >= 0.6 is 19.6 Å². The van der Waals surface area contributed by atoms with Crippen LogP contribution in [0.1, 0.15) is 5.56 Å². The second-order valence-electron chi connectivity index (χ2n) is 5.86. The zero-order valence-corrected chi connectivity index (χ0v) is 23.4. The first-order valence-corrected chi connectivity index (χ1v) is 10.7. The standard InChI is InChI=1S/C17H16N5O6PS.2Na/c1-9-15-11(7-19-16(9)18-2)21-17(22-15)30-8-14(23)20-10-4-5-12(13(6-10)27-3)28-29(24,25)26;;/h4-7H,8H2,1,3H3,(H,20,23)(H,21,22)(H2,24,25,26);;/q;2*+1/p-2. The van der Waals surface area contributed by atoms with Crippen LogP contribution in [-0.4, -0.2) is 33.7 Å². The van der Waals surface area contributed by atoms with Crippen LogP contribution in [0, 0.1) is 13.5 Å². The fourth-order valence-corrected chi connectivity index (χ4v) is 3.59. The number of aromatic amines is 1. The number of ether oxygens (including phenoxy) is 1. The van der Waals surface area contributed by atoms with Gasteiger partial charge in [-0.25, -0.2) is 4.98 Å². The van der Waals surface area contributed by atoms with Gasteiger partial charge < -0.3 is 38.8 Å². The molecule has 2 aromatic heterocycles. The van der Waals surface area contributed by atoms with Gasteiger partial charge in [-0.2, -0.15) is 0 Å². The number of carbonyl (C=O) groups is 1. The SMILES string of the molecule is [C-]#[N+]c1ncc2[nH]c(SCC(=O)Nc3ccc(OP(=O)([O-])[O-])c(OC)c3)nc2c1C.[Na+].[Na+]. The molecule has 0 spiro atoms. The molecule has 0 aliphatic rings. The summed E-state index contributed by atoms with van der Waals surface area (Å²) in [6, 6.07) is 3.90. The molecule has 0 fully saturated rings. The van der Waals surface area contributed by atoms with Crippen molar-refractivity contribution in [3.05, 3.63) is 41.4 Å². The quantitative estimate of drug-likeness (QED) is 0.144. The van der Waals surface area contributed by atoms with E-state index < -0.39 is 7.82 Å². The molecule has 2 heterocycles. The summed E-state index contributed by atoms with van der Waals surface area (Å²) in [5.74, 6) is -0.355. The second-order valence-corrected chi connectivity index (χ2v) is 7.90. The van der Waals surface area contributed by atoms with Gasteiger partial charge in [0.1, 0.15) is 19.5 Å². The van der Waals surface area contributed by atoms with Crippen molar-refractivity contribution in [1.29, 1.82) is 0 Å². The third kappa shape index (κ3) is 7.46. The number of hydrogen-bond donors (Lipinski definition) is 2. The summed E-state index contributed by atoms with van der Waals surface area (Å²) in [6.45, 7) is 8.85. The van der Waals surface area contributed by atoms with Gasteiger partial charge in [-0.1, -0.05) is 18.3 Å². The number of thioether (sulfide) groups is 1. The number of carbonyl (C=O) groups excluding carboxylic acids is 1. The Morgan fingerprint density at radius 3 is 2.69 bits per heavy atom. The largest absolute Gasteiger partial charge is 1.00 e. The van der Waals surface area contributed by atoms with E-state index in [9.17, 15) is 19.1 Å². The maximum atomic E-state index is 12.2. The number of phosphoric ester groups is 1. The van der Waals surface area contributed by atoms with Crippen LogP contribution in [0.5, 0.6) is 11.5 Å². The minimum absolute atomic E-state index is 0. The summed E-state index contributed by atoms with van der Waals surface area (Å²) in [4.78, 5) is 48.6. The van der Waals surface area contributed by atoms with Crippen molar-refractivity contribution in [2.24, 2.45) is 0 Å². The number of nitrogens with one attached hydrogen (secondary N) is 2. The average molecular weight is 493 g/mol. The number of aryl methyl sites for hydroxylation is 1. The molecule has 32 heavy (non-hydrogen) atoms. The molecular formula is C17H14N5Na2O6PS. The third-order valence-electron chi connectivity index (χ3n) is 3.82. The van der Waals surface area contributed by atoms with Gasteiger partial charge in [0.05, 0.1) is 18.4 Å². The molecular weight excluding hydrogens is 479 g/mol. The number of imidazole rings is 1. The van der Waals surface area contributed by atoms with Gasteiger partial charge in [-0.05, 0) is 19.1 Å². The van der Waals surface area contributed by atoms with Crippen LogP contribution in [0.15, 0.2) is 29.6 Å². The Hall–Kier alpha value is -1.10. The number of fused-ring (bicyclic) bond motifs is 1. The Morgan fingerprint density at radius 1 is 1.34 bits per heavy atom. The molecule has 0 radical (unpaired) electrons. The number of benzene rings is 1. The van der Waals surface area contributed by atoms with Gasteiger partial charge in [0.15, 0.2) is 16.7 Å². The minimum atomic E-state index is -5.24. The molecule has 0 aliphatic heterocycles. The number of hydrogen-bond acceptors (Lipinski definition) is 9. The monoisotopic (exact) mass is 493 g/mol. The smallest absolute Gasteiger partial charge is 0.780 e. The zero-order valence-electron chi connectivity index (χ0n) is 17.7. The summed E-state index contributed by atoms with van der Waals surface area (Å²) in [5.41, 5.74) is 2.26. The van der Waals surface area contributed by atoms with E-state index in [0.717, 1.165) is 11.8 Å². The van der Waals surface area contributed by atoms with Crippen molar-refractivity contribution in [3.8, 4) is 11.5 Å². The molecule has 15 heteroatoms. The molecule has 3 aromatic rings. The van der Waals surface area contributed by atoms with E-state index in [-0.39, 0.29) is 88.1 Å². The number of H-pyrrole nitrogens is 1. The van der Waals surface area contributed by atoms with Gasteiger partial charge in [0, 0.05) is 17.3 Å². The van der Waals surface area contributed by atoms with Crippen molar-refractivity contribution in [2.75, 3.05) is 18.2 Å². The van der Waals surface area contributed by atoms with Crippen molar-refractivity contribution < 1.29 is 87.5 Å². The van der Waals surface area contributed by atoms with E-state index in [0.29, 0.717) is 27.4 Å². The number of methoxy groups -OCH3 is 1. The van der Waals surface area contributed by atoms with Crippen LogP contribution < -0.4 is 83.5 Å². The van der Waals surface area contributed by atoms with Gasteiger partial charge >= 0.3 is 59.1 Å². The number of nitrogens with zero attached hydrogens (tertiary/aromatic N) is 3. The first-order chi connectivity index (χ1) is 14.2. The predicted molar refractivity (Wildman–Crippen MR) is 105 cm³/mol. The normalized spacial score (nSPS) is 10.5. The molecule has 0 saturated heterocycles. The molecule has 0 saturated carbocycles. The Morgan fingerprint density at radius 2 is 2.06 bits per heavy atom. The van der Waals surface area contributed by atoms with Crippen LogP contribution in [0.25, 0.3) is 15.9 Å². The molecule has 0 atom stereocenters. The van der Waals surface area contributed by atoms with Crippen LogP contribution in [-0.2, 0) is 9.36 Å². The topological polar surface area (TPSA) is 157 Å². The predicted octanol–water partition coefficient (Wildman–Crippen LogP) is -4.23. The number of anilines is 1. The van der Waals surface area contributed by atoms with E-state index in [4.69, 9.17) is 11.3 Å². The molecule has 1 amide bonds. The average Bonchev–Trinajstić information content (AvgIpc) is 3.11. The number of rotatable bonds is 7. The summed E-state index contributed by atoms with van der Waals surface area (Å²) >= 11 is 1.16. The zero-order chi connectivity index (χ0) is 21.9. The Balaban J connectivity index is 0.00000256. The van der Waals surface area contributed by atoms with Crippen LogP contribution in [0.2, 0.25) is 0 Å². The Bertz CT molecular complexity index is 1210. The third-order valence-corrected chi connectivity index (χ3v) is 5.11. The van der Waals surface area contributed by atoms with Crippen molar-refractivity contribution in [1.82, 2.24) is 15.0 Å². The fraction of sp³-hybridized carbons (Fsp3) is 0.176. The molecule has 1 aromatic carbocycles. The summed E-state index contributed by atoms with van der Waals surface area (Å²) < 4.78 is 20.1. The summed E-state index contributed by atoms with van der Waals surface area (Å²) in [6.07, 6.45) is 1.52. The second kappa shape index (κ2) is 12.4. The minimum Gasteiger partial charge on any atom is -0.780 e. The van der Waals surface area contributed by atoms with E-state index in [1.54, 1.807) is 6.92 Å². The Kier molecular flexibility index (Phi) is 11.2. The van der Waals surface area contributed by atoms with E-state index >= 15 is 0 Å². The van der Waals surface area contributed by atoms with Gasteiger partial charge in [-0.15, -0.1) is 4.98 Å². The van der Waals surface area contributed by atoms with E-state index in [2.05, 4.69) is 29.6 Å². The fourth-order valence-electron chi connectivity index (χ4n) is 2.53. The first kappa shape index (κ1) is 28.9. The van der Waals surface area contributed by atoms with Crippen molar-refractivity contribution in [3.63, 3.8) is 0 Å². The molecule has 2 N–H and O–H groups in total. The van der Waals surface area contributed by atoms with Crippen LogP contribution in [0.3, 0.4) is 0 Å². The molecule has 156 valence electrons. The van der Waals surface area contributed by atoms with Crippen LogP contribution in [0.4, 0.5) is 11.5 Å². The molecule has 11 nitrogen and oxygen atoms in total. The Labute approximate surface area is 231 Å². The van der Waals surface area contributed by atoms with Crippen molar-refractivity contribution in [2.45, 2.75) is 12.1 Å². The number of aromatic nitrogens is 3.